The van der Waals surface area contributed by atoms with Crippen LogP contribution in [0.4, 0.5) is 5.69 Å². The summed E-state index contributed by atoms with van der Waals surface area (Å²) < 4.78 is 1.97. The van der Waals surface area contributed by atoms with Crippen molar-refractivity contribution < 1.29 is 5.11 Å². The number of nitrogens with two attached hydrogens (primary N) is 1. The summed E-state index contributed by atoms with van der Waals surface area (Å²) >= 11 is 0. The number of nitrogens with zero attached hydrogens (tertiary/aromatic N) is 2. The molecule has 0 aliphatic rings. The van der Waals surface area contributed by atoms with Crippen LogP contribution in [0.25, 0.3) is 22.4 Å². The van der Waals surface area contributed by atoms with Gasteiger partial charge >= 0.3 is 0 Å². The van der Waals surface area contributed by atoms with E-state index in [0.717, 1.165) is 22.4 Å². The molecule has 1 heterocycles. The van der Waals surface area contributed by atoms with E-state index >= 15 is 0 Å². The van der Waals surface area contributed by atoms with E-state index in [1.165, 1.54) is 0 Å². The van der Waals surface area contributed by atoms with Gasteiger partial charge in [0.1, 0.15) is 11.6 Å². The van der Waals surface area contributed by atoms with E-state index in [2.05, 4.69) is 4.98 Å². The van der Waals surface area contributed by atoms with Crippen LogP contribution >= 0.6 is 0 Å². The van der Waals surface area contributed by atoms with Crippen LogP contribution in [0.1, 0.15) is 0 Å². The minimum Gasteiger partial charge on any atom is -0.506 e. The summed E-state index contributed by atoms with van der Waals surface area (Å²) in [4.78, 5) is 4.56. The molecule has 0 fully saturated rings. The van der Waals surface area contributed by atoms with Crippen molar-refractivity contribution in [3.8, 4) is 17.1 Å². The molecule has 4 heteroatoms. The van der Waals surface area contributed by atoms with Crippen molar-refractivity contribution in [3.05, 3.63) is 42.5 Å². The number of aromatic hydroxyl groups is 1. The lowest BCUT2D eigenvalue weighted by Gasteiger charge is -2.07. The summed E-state index contributed by atoms with van der Waals surface area (Å²) in [6, 6.07) is 13.1. The molecule has 0 saturated carbocycles. The summed E-state index contributed by atoms with van der Waals surface area (Å²) in [5, 5.41) is 9.67. The molecule has 0 aliphatic heterocycles. The largest absolute Gasteiger partial charge is 0.506 e. The first-order chi connectivity index (χ1) is 8.68. The van der Waals surface area contributed by atoms with Crippen LogP contribution in [-0.2, 0) is 7.05 Å². The molecule has 4 nitrogen and oxygen atoms in total. The molecule has 0 saturated heterocycles. The highest BCUT2D eigenvalue weighted by atomic mass is 16.3. The summed E-state index contributed by atoms with van der Waals surface area (Å²) in [5.74, 6) is 0.837. The van der Waals surface area contributed by atoms with Crippen molar-refractivity contribution in [2.24, 2.45) is 7.05 Å². The highest BCUT2D eigenvalue weighted by Gasteiger charge is 2.13. The van der Waals surface area contributed by atoms with Gasteiger partial charge in [-0.1, -0.05) is 18.2 Å². The number of phenolic OH excluding ortho intramolecular Hbond substituents is 1. The summed E-state index contributed by atoms with van der Waals surface area (Å²) in [7, 11) is 1.94. The van der Waals surface area contributed by atoms with Crippen LogP contribution in [0.5, 0.6) is 5.75 Å². The Labute approximate surface area is 104 Å². The Balaban J connectivity index is 2.32. The van der Waals surface area contributed by atoms with Gasteiger partial charge in [0.15, 0.2) is 0 Å². The number of aromatic nitrogens is 2. The topological polar surface area (TPSA) is 64.1 Å². The van der Waals surface area contributed by atoms with Gasteiger partial charge in [-0.25, -0.2) is 4.98 Å². The number of nitrogen functional groups attached to an aromatic ring is 1. The molecule has 0 amide bonds. The molecule has 0 atom stereocenters. The van der Waals surface area contributed by atoms with Gasteiger partial charge in [0, 0.05) is 12.6 Å². The van der Waals surface area contributed by atoms with Gasteiger partial charge in [0.05, 0.1) is 16.7 Å². The number of para-hydroxylation sites is 3. The summed E-state index contributed by atoms with van der Waals surface area (Å²) in [6.45, 7) is 0. The third-order valence-corrected chi connectivity index (χ3v) is 3.11. The number of rotatable bonds is 1. The maximum absolute atomic E-state index is 9.67. The molecule has 0 aliphatic carbocycles. The minimum atomic E-state index is 0.0829. The Morgan fingerprint density at radius 2 is 1.89 bits per heavy atom. The average Bonchev–Trinajstić information content (AvgIpc) is 2.71. The zero-order valence-electron chi connectivity index (χ0n) is 9.96. The van der Waals surface area contributed by atoms with Crippen molar-refractivity contribution in [2.75, 3.05) is 5.73 Å². The van der Waals surface area contributed by atoms with Gasteiger partial charge in [0.2, 0.25) is 0 Å². The molecule has 2 aromatic carbocycles. The molecule has 0 bridgehead atoms. The fourth-order valence-corrected chi connectivity index (χ4v) is 2.13. The minimum absolute atomic E-state index is 0.0829. The van der Waals surface area contributed by atoms with E-state index in [1.807, 2.05) is 41.9 Å². The molecule has 1 aromatic heterocycles. The molecule has 3 aromatic rings. The predicted octanol–water partition coefficient (Wildman–Crippen LogP) is 2.53. The quantitative estimate of drug-likeness (QED) is 0.506. The van der Waals surface area contributed by atoms with E-state index in [9.17, 15) is 5.11 Å². The number of aryl methyl sites for hydroxylation is 1. The zero-order valence-corrected chi connectivity index (χ0v) is 9.96. The van der Waals surface area contributed by atoms with Crippen LogP contribution in [0.3, 0.4) is 0 Å². The fourth-order valence-electron chi connectivity index (χ4n) is 2.13. The van der Waals surface area contributed by atoms with E-state index in [0.29, 0.717) is 5.69 Å². The molecule has 0 unspecified atom stereocenters. The number of hydrogen-bond donors (Lipinski definition) is 2. The maximum atomic E-state index is 9.67. The van der Waals surface area contributed by atoms with Crippen molar-refractivity contribution in [2.45, 2.75) is 0 Å². The monoisotopic (exact) mass is 239 g/mol. The molecular formula is C14H13N3O. The second-order valence-corrected chi connectivity index (χ2v) is 4.22. The van der Waals surface area contributed by atoms with Gasteiger partial charge < -0.3 is 15.4 Å². The van der Waals surface area contributed by atoms with Gasteiger partial charge in [0.25, 0.3) is 0 Å². The molecule has 3 rings (SSSR count). The Hall–Kier alpha value is -2.49. The lowest BCUT2D eigenvalue weighted by molar-refractivity contribution is 0.478. The van der Waals surface area contributed by atoms with Crippen molar-refractivity contribution in [3.63, 3.8) is 0 Å². The second-order valence-electron chi connectivity index (χ2n) is 4.22. The Morgan fingerprint density at radius 1 is 1.11 bits per heavy atom. The normalized spacial score (nSPS) is 10.9. The number of phenols is 1. The predicted molar refractivity (Wildman–Crippen MR) is 72.2 cm³/mol. The van der Waals surface area contributed by atoms with Gasteiger partial charge in [-0.3, -0.25) is 0 Å². The lowest BCUT2D eigenvalue weighted by atomic mass is 10.1. The van der Waals surface area contributed by atoms with Crippen LogP contribution in [0.15, 0.2) is 42.5 Å². The first kappa shape index (κ1) is 10.7. The highest BCUT2D eigenvalue weighted by molar-refractivity contribution is 5.84. The summed E-state index contributed by atoms with van der Waals surface area (Å²) in [6.07, 6.45) is 0. The smallest absolute Gasteiger partial charge is 0.143 e. The van der Waals surface area contributed by atoms with Crippen LogP contribution in [-0.4, -0.2) is 14.7 Å². The molecule has 0 spiro atoms. The zero-order chi connectivity index (χ0) is 12.7. The first-order valence-corrected chi connectivity index (χ1v) is 5.68. The molecular weight excluding hydrogens is 226 g/mol. The van der Waals surface area contributed by atoms with E-state index < -0.39 is 0 Å². The third-order valence-electron chi connectivity index (χ3n) is 3.11. The van der Waals surface area contributed by atoms with Crippen LogP contribution in [0, 0.1) is 0 Å². The Kier molecular flexibility index (Phi) is 2.23. The summed E-state index contributed by atoms with van der Waals surface area (Å²) in [5.41, 5.74) is 8.96. The number of imidazole rings is 1. The standard InChI is InChI=1S/C14H13N3O/c1-17-11-7-3-2-6-10(11)16-14(17)9-5-4-8-12(18)13(9)15/h2-8,18H,15H2,1H3. The molecule has 18 heavy (non-hydrogen) atoms. The Bertz CT molecular complexity index is 731. The van der Waals surface area contributed by atoms with Crippen molar-refractivity contribution in [1.29, 1.82) is 0 Å². The van der Waals surface area contributed by atoms with Gasteiger partial charge in [-0.05, 0) is 24.3 Å². The van der Waals surface area contributed by atoms with Gasteiger partial charge in [-0.2, -0.15) is 0 Å². The number of benzene rings is 2. The number of anilines is 1. The second kappa shape index (κ2) is 3.77. The van der Waals surface area contributed by atoms with Gasteiger partial charge in [-0.15, -0.1) is 0 Å². The maximum Gasteiger partial charge on any atom is 0.143 e. The third kappa shape index (κ3) is 1.43. The van der Waals surface area contributed by atoms with E-state index in [1.54, 1.807) is 12.1 Å². The average molecular weight is 239 g/mol. The van der Waals surface area contributed by atoms with Crippen molar-refractivity contribution >= 4 is 16.7 Å². The fraction of sp³-hybridized carbons (Fsp3) is 0.0714. The first-order valence-electron chi connectivity index (χ1n) is 5.68. The Morgan fingerprint density at radius 3 is 2.67 bits per heavy atom. The molecule has 0 radical (unpaired) electrons. The molecule has 90 valence electrons. The number of fused-ring (bicyclic) bond motifs is 1. The van der Waals surface area contributed by atoms with E-state index in [4.69, 9.17) is 5.73 Å². The highest BCUT2D eigenvalue weighted by Crippen LogP contribution is 2.32. The van der Waals surface area contributed by atoms with Crippen LogP contribution in [0.2, 0.25) is 0 Å². The number of hydrogen-bond acceptors (Lipinski definition) is 3. The van der Waals surface area contributed by atoms with E-state index in [-0.39, 0.29) is 5.75 Å². The lowest BCUT2D eigenvalue weighted by Crippen LogP contribution is -1.97. The SMILES string of the molecule is Cn1c(-c2cccc(O)c2N)nc2ccccc21. The van der Waals surface area contributed by atoms with Crippen LogP contribution < -0.4 is 5.73 Å². The molecule has 3 N–H and O–H groups in total. The van der Waals surface area contributed by atoms with Crippen molar-refractivity contribution in [1.82, 2.24) is 9.55 Å².